The summed E-state index contributed by atoms with van der Waals surface area (Å²) in [6.45, 7) is 0. The number of rotatable bonds is 3. The van der Waals surface area contributed by atoms with Gasteiger partial charge in [-0.05, 0) is 23.8 Å². The van der Waals surface area contributed by atoms with Crippen LogP contribution >= 0.6 is 11.6 Å². The van der Waals surface area contributed by atoms with Crippen molar-refractivity contribution in [2.75, 3.05) is 7.11 Å². The SMILES string of the molecule is COc1ccc(Cl)c(C=CCC#N)c1. The zero-order chi connectivity index (χ0) is 10.4. The van der Waals surface area contributed by atoms with E-state index in [9.17, 15) is 0 Å². The molecule has 0 bridgehead atoms. The molecule has 0 atom stereocenters. The fourth-order valence-electron chi connectivity index (χ4n) is 1.02. The van der Waals surface area contributed by atoms with Crippen molar-refractivity contribution in [1.82, 2.24) is 0 Å². The van der Waals surface area contributed by atoms with E-state index < -0.39 is 0 Å². The number of nitriles is 1. The first kappa shape index (κ1) is 10.6. The third-order valence-electron chi connectivity index (χ3n) is 1.71. The van der Waals surface area contributed by atoms with Gasteiger partial charge in [0.15, 0.2) is 0 Å². The van der Waals surface area contributed by atoms with E-state index in [1.54, 1.807) is 25.3 Å². The molecule has 1 rings (SSSR count). The second-order valence-corrected chi connectivity index (χ2v) is 3.06. The van der Waals surface area contributed by atoms with Crippen molar-refractivity contribution in [1.29, 1.82) is 5.26 Å². The largest absolute Gasteiger partial charge is 0.497 e. The molecular formula is C11H10ClNO. The summed E-state index contributed by atoms with van der Waals surface area (Å²) >= 11 is 5.94. The van der Waals surface area contributed by atoms with Crippen LogP contribution in [0.5, 0.6) is 5.75 Å². The van der Waals surface area contributed by atoms with Crippen LogP contribution in [0, 0.1) is 11.3 Å². The summed E-state index contributed by atoms with van der Waals surface area (Å²) < 4.78 is 5.06. The van der Waals surface area contributed by atoms with Crippen LogP contribution < -0.4 is 4.74 Å². The summed E-state index contributed by atoms with van der Waals surface area (Å²) in [6, 6.07) is 7.42. The van der Waals surface area contributed by atoms with Gasteiger partial charge in [0.2, 0.25) is 0 Å². The van der Waals surface area contributed by atoms with E-state index in [2.05, 4.69) is 0 Å². The van der Waals surface area contributed by atoms with Crippen LogP contribution in [0.25, 0.3) is 6.08 Å². The monoisotopic (exact) mass is 207 g/mol. The molecule has 0 unspecified atom stereocenters. The lowest BCUT2D eigenvalue weighted by Crippen LogP contribution is -1.83. The number of methoxy groups -OCH3 is 1. The zero-order valence-corrected chi connectivity index (χ0v) is 8.58. The van der Waals surface area contributed by atoms with E-state index in [1.165, 1.54) is 0 Å². The molecule has 0 amide bonds. The number of hydrogen-bond acceptors (Lipinski definition) is 2. The van der Waals surface area contributed by atoms with Crippen LogP contribution in [0.1, 0.15) is 12.0 Å². The molecule has 0 fully saturated rings. The summed E-state index contributed by atoms with van der Waals surface area (Å²) in [5.74, 6) is 0.756. The van der Waals surface area contributed by atoms with Gasteiger partial charge >= 0.3 is 0 Å². The Morgan fingerprint density at radius 1 is 1.57 bits per heavy atom. The van der Waals surface area contributed by atoms with Gasteiger partial charge in [-0.15, -0.1) is 0 Å². The topological polar surface area (TPSA) is 33.0 Å². The van der Waals surface area contributed by atoms with Crippen LogP contribution in [-0.4, -0.2) is 7.11 Å². The number of hydrogen-bond donors (Lipinski definition) is 0. The van der Waals surface area contributed by atoms with Gasteiger partial charge in [-0.2, -0.15) is 5.26 Å². The minimum absolute atomic E-state index is 0.382. The third-order valence-corrected chi connectivity index (χ3v) is 2.05. The van der Waals surface area contributed by atoms with Crippen LogP contribution in [0.2, 0.25) is 5.02 Å². The Bertz CT molecular complexity index is 379. The molecule has 0 spiro atoms. The smallest absolute Gasteiger partial charge is 0.119 e. The van der Waals surface area contributed by atoms with Crippen molar-refractivity contribution in [3.05, 3.63) is 34.9 Å². The highest BCUT2D eigenvalue weighted by atomic mass is 35.5. The molecule has 0 radical (unpaired) electrons. The first-order valence-electron chi connectivity index (χ1n) is 4.15. The summed E-state index contributed by atoms with van der Waals surface area (Å²) in [7, 11) is 1.60. The Labute approximate surface area is 88.4 Å². The number of halogens is 1. The predicted molar refractivity (Wildman–Crippen MR) is 57.3 cm³/mol. The lowest BCUT2D eigenvalue weighted by Gasteiger charge is -2.02. The van der Waals surface area contributed by atoms with Crippen molar-refractivity contribution >= 4 is 17.7 Å². The Kier molecular flexibility index (Phi) is 4.03. The van der Waals surface area contributed by atoms with Crippen molar-refractivity contribution in [3.8, 4) is 11.8 Å². The Balaban J connectivity index is 2.90. The number of nitrogens with zero attached hydrogens (tertiary/aromatic N) is 1. The van der Waals surface area contributed by atoms with Gasteiger partial charge in [0.05, 0.1) is 19.6 Å². The fraction of sp³-hybridized carbons (Fsp3) is 0.182. The molecule has 0 aliphatic carbocycles. The van der Waals surface area contributed by atoms with Crippen molar-refractivity contribution < 1.29 is 4.74 Å². The molecule has 72 valence electrons. The van der Waals surface area contributed by atoms with Gasteiger partial charge in [0.25, 0.3) is 0 Å². The number of ether oxygens (including phenoxy) is 1. The predicted octanol–water partition coefficient (Wildman–Crippen LogP) is 3.28. The molecular weight excluding hydrogens is 198 g/mol. The van der Waals surface area contributed by atoms with Gasteiger partial charge in [0.1, 0.15) is 5.75 Å². The first-order valence-corrected chi connectivity index (χ1v) is 4.52. The average Bonchev–Trinajstić information content (AvgIpc) is 2.21. The number of allylic oxidation sites excluding steroid dienone is 1. The minimum Gasteiger partial charge on any atom is -0.497 e. The Hall–Kier alpha value is -1.46. The van der Waals surface area contributed by atoms with Crippen LogP contribution in [-0.2, 0) is 0 Å². The van der Waals surface area contributed by atoms with Gasteiger partial charge < -0.3 is 4.74 Å². The summed E-state index contributed by atoms with van der Waals surface area (Å²) in [6.07, 6.45) is 3.96. The van der Waals surface area contributed by atoms with Gasteiger partial charge in [-0.3, -0.25) is 0 Å². The lowest BCUT2D eigenvalue weighted by molar-refractivity contribution is 0.414. The standard InChI is InChI=1S/C11H10ClNO/c1-14-10-5-6-11(12)9(8-10)4-2-3-7-13/h2,4-6,8H,3H2,1H3. The lowest BCUT2D eigenvalue weighted by atomic mass is 10.2. The van der Waals surface area contributed by atoms with E-state index in [4.69, 9.17) is 21.6 Å². The first-order chi connectivity index (χ1) is 6.77. The molecule has 0 saturated heterocycles. The molecule has 0 aromatic heterocycles. The quantitative estimate of drug-likeness (QED) is 0.762. The third kappa shape index (κ3) is 2.79. The minimum atomic E-state index is 0.382. The molecule has 0 N–H and O–H groups in total. The summed E-state index contributed by atoms with van der Waals surface area (Å²) in [5, 5.41) is 9.01. The van der Waals surface area contributed by atoms with Crippen LogP contribution in [0.3, 0.4) is 0 Å². The molecule has 2 nitrogen and oxygen atoms in total. The van der Waals surface area contributed by atoms with E-state index in [0.29, 0.717) is 11.4 Å². The van der Waals surface area contributed by atoms with Crippen LogP contribution in [0.4, 0.5) is 0 Å². The fourth-order valence-corrected chi connectivity index (χ4v) is 1.20. The molecule has 1 aromatic carbocycles. The molecule has 14 heavy (non-hydrogen) atoms. The molecule has 3 heteroatoms. The Morgan fingerprint density at radius 2 is 2.36 bits per heavy atom. The second kappa shape index (κ2) is 5.31. The Morgan fingerprint density at radius 3 is 3.00 bits per heavy atom. The van der Waals surface area contributed by atoms with Crippen molar-refractivity contribution in [2.45, 2.75) is 6.42 Å². The molecule has 0 aliphatic heterocycles. The second-order valence-electron chi connectivity index (χ2n) is 2.65. The average molecular weight is 208 g/mol. The van der Waals surface area contributed by atoms with E-state index in [1.807, 2.05) is 18.2 Å². The summed E-state index contributed by atoms with van der Waals surface area (Å²) in [4.78, 5) is 0. The van der Waals surface area contributed by atoms with Crippen LogP contribution in [0.15, 0.2) is 24.3 Å². The van der Waals surface area contributed by atoms with Gasteiger partial charge in [-0.25, -0.2) is 0 Å². The normalized spacial score (nSPS) is 10.1. The highest BCUT2D eigenvalue weighted by molar-refractivity contribution is 6.32. The van der Waals surface area contributed by atoms with E-state index >= 15 is 0 Å². The van der Waals surface area contributed by atoms with Crippen molar-refractivity contribution in [2.24, 2.45) is 0 Å². The maximum absolute atomic E-state index is 8.36. The van der Waals surface area contributed by atoms with Gasteiger partial charge in [0, 0.05) is 5.02 Å². The number of benzene rings is 1. The zero-order valence-electron chi connectivity index (χ0n) is 7.83. The van der Waals surface area contributed by atoms with Gasteiger partial charge in [-0.1, -0.05) is 23.8 Å². The highest BCUT2D eigenvalue weighted by Crippen LogP contribution is 2.23. The van der Waals surface area contributed by atoms with E-state index in [-0.39, 0.29) is 0 Å². The molecule has 0 saturated carbocycles. The summed E-state index contributed by atoms with van der Waals surface area (Å²) in [5.41, 5.74) is 0.862. The molecule has 1 aromatic rings. The maximum Gasteiger partial charge on any atom is 0.119 e. The maximum atomic E-state index is 8.36. The molecule has 0 heterocycles. The molecule has 0 aliphatic rings. The van der Waals surface area contributed by atoms with E-state index in [0.717, 1.165) is 11.3 Å². The highest BCUT2D eigenvalue weighted by Gasteiger charge is 1.98. The van der Waals surface area contributed by atoms with Crippen molar-refractivity contribution in [3.63, 3.8) is 0 Å².